The minimum absolute atomic E-state index is 0.0456. The fourth-order valence-electron chi connectivity index (χ4n) is 1.62. The van der Waals surface area contributed by atoms with Crippen molar-refractivity contribution in [1.29, 1.82) is 0 Å². The summed E-state index contributed by atoms with van der Waals surface area (Å²) < 4.78 is 4.90. The SMILES string of the molecule is CCCCC(CC)C(=O)Nc1cc(C)on1. The van der Waals surface area contributed by atoms with Gasteiger partial charge in [0.05, 0.1) is 0 Å². The van der Waals surface area contributed by atoms with E-state index in [9.17, 15) is 4.79 Å². The van der Waals surface area contributed by atoms with Crippen molar-refractivity contribution < 1.29 is 9.32 Å². The molecule has 1 unspecified atom stereocenters. The fourth-order valence-corrected chi connectivity index (χ4v) is 1.62. The highest BCUT2D eigenvalue weighted by molar-refractivity contribution is 5.91. The van der Waals surface area contributed by atoms with Crippen LogP contribution >= 0.6 is 0 Å². The summed E-state index contributed by atoms with van der Waals surface area (Å²) >= 11 is 0. The average molecular weight is 224 g/mol. The number of carbonyl (C=O) groups is 1. The number of amides is 1. The van der Waals surface area contributed by atoms with Crippen molar-refractivity contribution in [3.8, 4) is 0 Å². The summed E-state index contributed by atoms with van der Waals surface area (Å²) in [6, 6.07) is 1.73. The zero-order valence-electron chi connectivity index (χ0n) is 10.2. The molecular weight excluding hydrogens is 204 g/mol. The molecule has 0 bridgehead atoms. The van der Waals surface area contributed by atoms with Crippen LogP contribution in [0, 0.1) is 12.8 Å². The minimum Gasteiger partial charge on any atom is -0.360 e. The molecule has 4 nitrogen and oxygen atoms in total. The molecule has 4 heteroatoms. The molecule has 0 radical (unpaired) electrons. The molecule has 0 aliphatic heterocycles. The van der Waals surface area contributed by atoms with Crippen LogP contribution in [0.5, 0.6) is 0 Å². The lowest BCUT2D eigenvalue weighted by Gasteiger charge is -2.12. The van der Waals surface area contributed by atoms with Crippen molar-refractivity contribution >= 4 is 11.7 Å². The summed E-state index contributed by atoms with van der Waals surface area (Å²) in [4.78, 5) is 11.9. The van der Waals surface area contributed by atoms with Crippen LogP contribution in [0.15, 0.2) is 10.6 Å². The molecule has 0 aliphatic carbocycles. The van der Waals surface area contributed by atoms with Crippen molar-refractivity contribution in [2.45, 2.75) is 46.5 Å². The summed E-state index contributed by atoms with van der Waals surface area (Å²) in [5.74, 6) is 1.34. The van der Waals surface area contributed by atoms with Gasteiger partial charge in [-0.3, -0.25) is 4.79 Å². The lowest BCUT2D eigenvalue weighted by Crippen LogP contribution is -2.22. The number of hydrogen-bond acceptors (Lipinski definition) is 3. The number of aromatic nitrogens is 1. The first-order chi connectivity index (χ1) is 7.67. The second-order valence-corrected chi connectivity index (χ2v) is 4.06. The third-order valence-corrected chi connectivity index (χ3v) is 2.65. The molecule has 1 aromatic rings. The van der Waals surface area contributed by atoms with Crippen LogP contribution in [-0.4, -0.2) is 11.1 Å². The average Bonchev–Trinajstić information content (AvgIpc) is 2.65. The quantitative estimate of drug-likeness (QED) is 0.807. The fraction of sp³-hybridized carbons (Fsp3) is 0.667. The highest BCUT2D eigenvalue weighted by Crippen LogP contribution is 2.15. The van der Waals surface area contributed by atoms with Gasteiger partial charge in [0.15, 0.2) is 5.82 Å². The van der Waals surface area contributed by atoms with Crippen molar-refractivity contribution in [2.75, 3.05) is 5.32 Å². The molecule has 16 heavy (non-hydrogen) atoms. The number of carbonyl (C=O) groups excluding carboxylic acids is 1. The number of aryl methyl sites for hydroxylation is 1. The van der Waals surface area contributed by atoms with Crippen molar-refractivity contribution in [3.05, 3.63) is 11.8 Å². The Morgan fingerprint density at radius 1 is 1.56 bits per heavy atom. The highest BCUT2D eigenvalue weighted by Gasteiger charge is 2.16. The molecule has 0 saturated heterocycles. The number of nitrogens with one attached hydrogen (secondary N) is 1. The van der Waals surface area contributed by atoms with Gasteiger partial charge < -0.3 is 9.84 Å². The number of unbranched alkanes of at least 4 members (excludes halogenated alkanes) is 1. The Morgan fingerprint density at radius 3 is 2.81 bits per heavy atom. The summed E-state index contributed by atoms with van der Waals surface area (Å²) in [6.45, 7) is 5.97. The Bertz CT molecular complexity index is 334. The van der Waals surface area contributed by atoms with Crippen molar-refractivity contribution in [3.63, 3.8) is 0 Å². The smallest absolute Gasteiger partial charge is 0.228 e. The molecule has 1 N–H and O–H groups in total. The molecule has 0 aromatic carbocycles. The maximum Gasteiger partial charge on any atom is 0.228 e. The zero-order chi connectivity index (χ0) is 12.0. The lowest BCUT2D eigenvalue weighted by molar-refractivity contribution is -0.120. The third kappa shape index (κ3) is 3.68. The maximum absolute atomic E-state index is 11.9. The van der Waals surface area contributed by atoms with Gasteiger partial charge in [0.1, 0.15) is 5.76 Å². The summed E-state index contributed by atoms with van der Waals surface area (Å²) in [5, 5.41) is 6.52. The summed E-state index contributed by atoms with van der Waals surface area (Å²) in [6.07, 6.45) is 4.01. The second-order valence-electron chi connectivity index (χ2n) is 4.06. The van der Waals surface area contributed by atoms with E-state index in [0.717, 1.165) is 25.7 Å². The molecule has 0 fully saturated rings. The largest absolute Gasteiger partial charge is 0.360 e. The van der Waals surface area contributed by atoms with E-state index in [1.54, 1.807) is 13.0 Å². The molecule has 90 valence electrons. The number of hydrogen-bond donors (Lipinski definition) is 1. The molecule has 0 spiro atoms. The Morgan fingerprint density at radius 2 is 2.31 bits per heavy atom. The van der Waals surface area contributed by atoms with Gasteiger partial charge in [-0.2, -0.15) is 0 Å². The van der Waals surface area contributed by atoms with Gasteiger partial charge in [-0.1, -0.05) is 31.8 Å². The predicted molar refractivity (Wildman–Crippen MR) is 63.2 cm³/mol. The van der Waals surface area contributed by atoms with Gasteiger partial charge in [0.25, 0.3) is 0 Å². The van der Waals surface area contributed by atoms with E-state index in [1.807, 2.05) is 6.92 Å². The predicted octanol–water partition coefficient (Wildman–Crippen LogP) is 3.14. The Balaban J connectivity index is 2.49. The van der Waals surface area contributed by atoms with E-state index >= 15 is 0 Å². The summed E-state index contributed by atoms with van der Waals surface area (Å²) in [7, 11) is 0. The van der Waals surface area contributed by atoms with E-state index in [2.05, 4.69) is 17.4 Å². The molecule has 1 heterocycles. The van der Waals surface area contributed by atoms with Gasteiger partial charge in [0.2, 0.25) is 5.91 Å². The van der Waals surface area contributed by atoms with E-state index in [4.69, 9.17) is 4.52 Å². The summed E-state index contributed by atoms with van der Waals surface area (Å²) in [5.41, 5.74) is 0. The number of rotatable bonds is 6. The number of nitrogens with zero attached hydrogens (tertiary/aromatic N) is 1. The molecule has 0 saturated carbocycles. The van der Waals surface area contributed by atoms with Crippen LogP contribution in [0.2, 0.25) is 0 Å². The zero-order valence-corrected chi connectivity index (χ0v) is 10.2. The first-order valence-electron chi connectivity index (χ1n) is 5.91. The Kier molecular flexibility index (Phi) is 5.02. The van der Waals surface area contributed by atoms with Crippen molar-refractivity contribution in [1.82, 2.24) is 5.16 Å². The minimum atomic E-state index is 0.0456. The van der Waals surface area contributed by atoms with Crippen LogP contribution in [0.25, 0.3) is 0 Å². The van der Waals surface area contributed by atoms with Gasteiger partial charge in [-0.25, -0.2) is 0 Å². The van der Waals surface area contributed by atoms with Gasteiger partial charge in [-0.05, 0) is 19.8 Å². The van der Waals surface area contributed by atoms with E-state index in [-0.39, 0.29) is 11.8 Å². The third-order valence-electron chi connectivity index (χ3n) is 2.65. The molecule has 0 aliphatic rings. The van der Waals surface area contributed by atoms with Gasteiger partial charge >= 0.3 is 0 Å². The maximum atomic E-state index is 11.9. The molecule has 1 atom stereocenters. The van der Waals surface area contributed by atoms with Crippen LogP contribution in [0.3, 0.4) is 0 Å². The van der Waals surface area contributed by atoms with E-state index < -0.39 is 0 Å². The monoisotopic (exact) mass is 224 g/mol. The van der Waals surface area contributed by atoms with E-state index in [0.29, 0.717) is 11.6 Å². The number of anilines is 1. The first kappa shape index (κ1) is 12.7. The highest BCUT2D eigenvalue weighted by atomic mass is 16.5. The van der Waals surface area contributed by atoms with Crippen LogP contribution in [0.1, 0.15) is 45.3 Å². The normalized spacial score (nSPS) is 12.4. The molecule has 1 rings (SSSR count). The van der Waals surface area contributed by atoms with Crippen LogP contribution in [-0.2, 0) is 4.79 Å². The first-order valence-corrected chi connectivity index (χ1v) is 5.91. The standard InChI is InChI=1S/C12H20N2O2/c1-4-6-7-10(5-2)12(15)13-11-8-9(3)16-14-11/h8,10H,4-7H2,1-3H3,(H,13,14,15). The Hall–Kier alpha value is -1.32. The van der Waals surface area contributed by atoms with Gasteiger partial charge in [-0.15, -0.1) is 0 Å². The van der Waals surface area contributed by atoms with Gasteiger partial charge in [0, 0.05) is 12.0 Å². The van der Waals surface area contributed by atoms with Crippen molar-refractivity contribution in [2.24, 2.45) is 5.92 Å². The molecule has 1 aromatic heterocycles. The van der Waals surface area contributed by atoms with Crippen LogP contribution < -0.4 is 5.32 Å². The Labute approximate surface area is 96.4 Å². The lowest BCUT2D eigenvalue weighted by atomic mass is 9.98. The van der Waals surface area contributed by atoms with Crippen LogP contribution in [0.4, 0.5) is 5.82 Å². The molecule has 1 amide bonds. The molecular formula is C12H20N2O2. The topological polar surface area (TPSA) is 55.1 Å². The second kappa shape index (κ2) is 6.30. The van der Waals surface area contributed by atoms with E-state index in [1.165, 1.54) is 0 Å².